The minimum atomic E-state index is 0.0880. The topological polar surface area (TPSA) is 29.1 Å². The van der Waals surface area contributed by atoms with Gasteiger partial charge in [-0.1, -0.05) is 20.8 Å². The first-order chi connectivity index (χ1) is 4.59. The quantitative estimate of drug-likeness (QED) is 0.474. The fourth-order valence-electron chi connectivity index (χ4n) is 0.542. The van der Waals surface area contributed by atoms with Crippen LogP contribution in [-0.2, 0) is 4.79 Å². The number of carbonyl (C=O) groups excluding carboxylic acids is 1. The third kappa shape index (κ3) is 3.11. The minimum absolute atomic E-state index is 0.0880. The van der Waals surface area contributed by atoms with Crippen LogP contribution < -0.4 is 5.32 Å². The molecule has 0 aliphatic heterocycles. The minimum Gasteiger partial charge on any atom is -0.347 e. The van der Waals surface area contributed by atoms with Crippen LogP contribution in [0.2, 0.25) is 0 Å². The van der Waals surface area contributed by atoms with Gasteiger partial charge in [0.2, 0.25) is 5.91 Å². The van der Waals surface area contributed by atoms with Gasteiger partial charge in [0.05, 0.1) is 5.88 Å². The zero-order valence-electron chi connectivity index (χ0n) is 6.72. The highest BCUT2D eigenvalue weighted by atomic mass is 32.1. The standard InChI is InChI=1S/C7H15NOS/c1-5(2)6(3)7(9)8-4-10/h5-6,10H,4H2,1-3H3,(H,8,9)/t6-/m1/s1. The number of thiol groups is 1. The van der Waals surface area contributed by atoms with Crippen molar-refractivity contribution in [3.8, 4) is 0 Å². The SMILES string of the molecule is CC(C)[C@@H](C)C(=O)NCS. The molecule has 0 saturated carbocycles. The summed E-state index contributed by atoms with van der Waals surface area (Å²) in [5.74, 6) is 1.01. The summed E-state index contributed by atoms with van der Waals surface area (Å²) in [6.45, 7) is 5.98. The van der Waals surface area contributed by atoms with Crippen LogP contribution in [0.4, 0.5) is 0 Å². The lowest BCUT2D eigenvalue weighted by Gasteiger charge is -2.13. The predicted octanol–water partition coefficient (Wildman–Crippen LogP) is 1.28. The summed E-state index contributed by atoms with van der Waals surface area (Å²) in [5.41, 5.74) is 0. The van der Waals surface area contributed by atoms with Crippen molar-refractivity contribution in [3.63, 3.8) is 0 Å². The molecule has 0 heterocycles. The molecule has 0 aromatic heterocycles. The van der Waals surface area contributed by atoms with Gasteiger partial charge in [0.1, 0.15) is 0 Å². The van der Waals surface area contributed by atoms with E-state index in [0.717, 1.165) is 0 Å². The Morgan fingerprint density at radius 3 is 2.30 bits per heavy atom. The fraction of sp³-hybridized carbons (Fsp3) is 0.857. The van der Waals surface area contributed by atoms with Crippen molar-refractivity contribution < 1.29 is 4.79 Å². The Morgan fingerprint density at radius 1 is 1.50 bits per heavy atom. The summed E-state index contributed by atoms with van der Waals surface area (Å²) in [6, 6.07) is 0. The highest BCUT2D eigenvalue weighted by Gasteiger charge is 2.14. The zero-order chi connectivity index (χ0) is 8.15. The molecule has 0 spiro atoms. The van der Waals surface area contributed by atoms with Gasteiger partial charge in [0.15, 0.2) is 0 Å². The van der Waals surface area contributed by atoms with Crippen LogP contribution in [0, 0.1) is 11.8 Å². The Kier molecular flexibility index (Phi) is 4.52. The molecule has 0 aromatic carbocycles. The lowest BCUT2D eigenvalue weighted by molar-refractivity contribution is -0.125. The van der Waals surface area contributed by atoms with E-state index in [-0.39, 0.29) is 11.8 Å². The number of hydrogen-bond donors (Lipinski definition) is 2. The monoisotopic (exact) mass is 161 g/mol. The van der Waals surface area contributed by atoms with Crippen molar-refractivity contribution in [2.75, 3.05) is 5.88 Å². The molecular formula is C7H15NOS. The molecule has 0 radical (unpaired) electrons. The summed E-state index contributed by atoms with van der Waals surface area (Å²) in [7, 11) is 0. The maximum absolute atomic E-state index is 11.0. The Hall–Kier alpha value is -0.180. The number of amides is 1. The van der Waals surface area contributed by atoms with Gasteiger partial charge in [-0.05, 0) is 5.92 Å². The van der Waals surface area contributed by atoms with E-state index in [4.69, 9.17) is 0 Å². The van der Waals surface area contributed by atoms with Crippen LogP contribution in [0.5, 0.6) is 0 Å². The first-order valence-electron chi connectivity index (χ1n) is 3.48. The largest absolute Gasteiger partial charge is 0.347 e. The number of hydrogen-bond acceptors (Lipinski definition) is 2. The molecule has 0 aliphatic carbocycles. The van der Waals surface area contributed by atoms with Crippen molar-refractivity contribution in [1.82, 2.24) is 5.32 Å². The highest BCUT2D eigenvalue weighted by Crippen LogP contribution is 2.08. The molecule has 1 N–H and O–H groups in total. The van der Waals surface area contributed by atoms with Crippen LogP contribution in [-0.4, -0.2) is 11.8 Å². The molecule has 10 heavy (non-hydrogen) atoms. The zero-order valence-corrected chi connectivity index (χ0v) is 7.61. The molecule has 0 fully saturated rings. The number of rotatable bonds is 3. The van der Waals surface area contributed by atoms with E-state index in [2.05, 4.69) is 17.9 Å². The van der Waals surface area contributed by atoms with Gasteiger partial charge < -0.3 is 5.32 Å². The number of nitrogens with one attached hydrogen (secondary N) is 1. The fourth-order valence-corrected chi connectivity index (χ4v) is 0.697. The summed E-state index contributed by atoms with van der Waals surface area (Å²) in [5, 5.41) is 2.65. The Bertz CT molecular complexity index is 114. The smallest absolute Gasteiger partial charge is 0.223 e. The van der Waals surface area contributed by atoms with E-state index in [9.17, 15) is 4.79 Å². The summed E-state index contributed by atoms with van der Waals surface area (Å²) < 4.78 is 0. The van der Waals surface area contributed by atoms with Crippen LogP contribution in [0.25, 0.3) is 0 Å². The maximum Gasteiger partial charge on any atom is 0.223 e. The second-order valence-corrected chi connectivity index (χ2v) is 3.05. The molecule has 0 rings (SSSR count). The summed E-state index contributed by atoms with van der Waals surface area (Å²) in [6.07, 6.45) is 0. The third-order valence-electron chi connectivity index (χ3n) is 1.67. The van der Waals surface area contributed by atoms with Crippen LogP contribution in [0.15, 0.2) is 0 Å². The average molecular weight is 161 g/mol. The van der Waals surface area contributed by atoms with Gasteiger partial charge in [-0.25, -0.2) is 0 Å². The lowest BCUT2D eigenvalue weighted by atomic mass is 9.98. The molecule has 0 aromatic rings. The Balaban J connectivity index is 3.71. The van der Waals surface area contributed by atoms with Gasteiger partial charge in [-0.3, -0.25) is 4.79 Å². The van der Waals surface area contributed by atoms with Crippen LogP contribution in [0.3, 0.4) is 0 Å². The van der Waals surface area contributed by atoms with Crippen molar-refractivity contribution in [1.29, 1.82) is 0 Å². The van der Waals surface area contributed by atoms with E-state index in [1.165, 1.54) is 0 Å². The third-order valence-corrected chi connectivity index (χ3v) is 1.82. The molecule has 1 atom stereocenters. The Morgan fingerprint density at radius 2 is 2.00 bits per heavy atom. The average Bonchev–Trinajstić information content (AvgIpc) is 1.87. The molecule has 1 amide bonds. The van der Waals surface area contributed by atoms with Gasteiger partial charge in [-0.15, -0.1) is 0 Å². The first kappa shape index (κ1) is 9.82. The molecule has 3 heteroatoms. The number of carbonyl (C=O) groups is 1. The predicted molar refractivity (Wildman–Crippen MR) is 46.0 cm³/mol. The van der Waals surface area contributed by atoms with Gasteiger partial charge in [0, 0.05) is 5.92 Å². The van der Waals surface area contributed by atoms with Crippen molar-refractivity contribution in [3.05, 3.63) is 0 Å². The molecule has 60 valence electrons. The maximum atomic E-state index is 11.0. The summed E-state index contributed by atoms with van der Waals surface area (Å²) in [4.78, 5) is 11.0. The van der Waals surface area contributed by atoms with Crippen molar-refractivity contribution in [2.24, 2.45) is 11.8 Å². The van der Waals surface area contributed by atoms with E-state index in [1.54, 1.807) is 0 Å². The molecular weight excluding hydrogens is 146 g/mol. The van der Waals surface area contributed by atoms with Crippen molar-refractivity contribution in [2.45, 2.75) is 20.8 Å². The Labute approximate surface area is 67.8 Å². The first-order valence-corrected chi connectivity index (χ1v) is 4.11. The second-order valence-electron chi connectivity index (χ2n) is 2.73. The highest BCUT2D eigenvalue weighted by molar-refractivity contribution is 7.80. The van der Waals surface area contributed by atoms with Gasteiger partial charge >= 0.3 is 0 Å². The lowest BCUT2D eigenvalue weighted by Crippen LogP contribution is -2.30. The van der Waals surface area contributed by atoms with Gasteiger partial charge in [-0.2, -0.15) is 12.6 Å². The second kappa shape index (κ2) is 4.61. The van der Waals surface area contributed by atoms with E-state index >= 15 is 0 Å². The molecule has 0 saturated heterocycles. The molecule has 0 bridgehead atoms. The normalized spacial score (nSPS) is 13.3. The summed E-state index contributed by atoms with van der Waals surface area (Å²) >= 11 is 3.89. The van der Waals surface area contributed by atoms with Crippen LogP contribution in [0.1, 0.15) is 20.8 Å². The molecule has 0 unspecified atom stereocenters. The van der Waals surface area contributed by atoms with Crippen molar-refractivity contribution >= 4 is 18.5 Å². The van der Waals surface area contributed by atoms with Crippen LogP contribution >= 0.6 is 12.6 Å². The molecule has 0 aliphatic rings. The van der Waals surface area contributed by atoms with E-state index in [1.807, 2.05) is 20.8 Å². The molecule has 2 nitrogen and oxygen atoms in total. The van der Waals surface area contributed by atoms with Gasteiger partial charge in [0.25, 0.3) is 0 Å². The van der Waals surface area contributed by atoms with E-state index in [0.29, 0.717) is 11.8 Å². The van der Waals surface area contributed by atoms with E-state index < -0.39 is 0 Å².